The highest BCUT2D eigenvalue weighted by Gasteiger charge is 2.14. The molecular weight excluding hydrogens is 357 g/mol. The summed E-state index contributed by atoms with van der Waals surface area (Å²) in [6, 6.07) is 19.8. The zero-order valence-corrected chi connectivity index (χ0v) is 15.0. The molecule has 0 fully saturated rings. The van der Waals surface area contributed by atoms with E-state index < -0.39 is 11.7 Å². The molecule has 0 atom stereocenters. The molecule has 138 valence electrons. The summed E-state index contributed by atoms with van der Waals surface area (Å²) in [5, 5.41) is 3.00. The Morgan fingerprint density at radius 3 is 2.46 bits per heavy atom. The van der Waals surface area contributed by atoms with Crippen LogP contribution in [0.4, 0.5) is 10.1 Å². The van der Waals surface area contributed by atoms with Gasteiger partial charge in [0, 0.05) is 5.69 Å². The third-order valence-corrected chi connectivity index (χ3v) is 4.43. The van der Waals surface area contributed by atoms with Crippen LogP contribution in [0.25, 0.3) is 16.6 Å². The van der Waals surface area contributed by atoms with Crippen molar-refractivity contribution in [1.82, 2.24) is 9.55 Å². The smallest absolute Gasteiger partial charge is 0.266 e. The predicted molar refractivity (Wildman–Crippen MR) is 106 cm³/mol. The van der Waals surface area contributed by atoms with Gasteiger partial charge in [-0.1, -0.05) is 30.3 Å². The molecule has 5 nitrogen and oxygen atoms in total. The topological polar surface area (TPSA) is 64.0 Å². The van der Waals surface area contributed by atoms with E-state index in [1.807, 2.05) is 30.3 Å². The number of carbonyl (C=O) groups excluding carboxylic acids is 1. The molecule has 0 radical (unpaired) electrons. The molecule has 0 saturated carbocycles. The molecule has 3 aromatic carbocycles. The molecule has 0 aliphatic rings. The fourth-order valence-corrected chi connectivity index (χ4v) is 3.10. The minimum absolute atomic E-state index is 0.0636. The average Bonchev–Trinajstić information content (AvgIpc) is 2.69. The first-order chi connectivity index (χ1) is 13.5. The fraction of sp³-hybridized carbons (Fsp3) is 0.0455. The van der Waals surface area contributed by atoms with Gasteiger partial charge in [-0.05, 0) is 49.4 Å². The maximum atomic E-state index is 13.8. The zero-order valence-electron chi connectivity index (χ0n) is 15.0. The summed E-state index contributed by atoms with van der Waals surface area (Å²) >= 11 is 0. The summed E-state index contributed by atoms with van der Waals surface area (Å²) in [5.41, 5.74) is 1.32. The van der Waals surface area contributed by atoms with Crippen molar-refractivity contribution in [2.75, 3.05) is 5.32 Å². The molecule has 0 bridgehead atoms. The van der Waals surface area contributed by atoms with Crippen LogP contribution in [0.15, 0.2) is 77.6 Å². The molecule has 28 heavy (non-hydrogen) atoms. The van der Waals surface area contributed by atoms with Gasteiger partial charge in [-0.2, -0.15) is 0 Å². The number of rotatable bonds is 3. The van der Waals surface area contributed by atoms with Crippen LogP contribution >= 0.6 is 0 Å². The second-order valence-electron chi connectivity index (χ2n) is 6.30. The van der Waals surface area contributed by atoms with Crippen molar-refractivity contribution in [3.05, 3.63) is 100 Å². The second kappa shape index (κ2) is 7.08. The van der Waals surface area contributed by atoms with Crippen LogP contribution in [0.3, 0.4) is 0 Å². The average molecular weight is 373 g/mol. The molecular formula is C22H16FN3O2. The fourth-order valence-electron chi connectivity index (χ4n) is 3.10. The number of amides is 1. The first-order valence-electron chi connectivity index (χ1n) is 8.69. The van der Waals surface area contributed by atoms with Crippen molar-refractivity contribution in [2.45, 2.75) is 6.92 Å². The number of aromatic nitrogens is 2. The predicted octanol–water partition coefficient (Wildman–Crippen LogP) is 4.09. The standard InChI is InChI=1S/C22H16FN3O2/c1-14-24-20-12-11-15(25-21(27)17-9-5-6-10-19(17)23)13-18(20)22(28)26(14)16-7-3-2-4-8-16/h2-13H,1H3,(H,25,27). The zero-order chi connectivity index (χ0) is 19.7. The number of carbonyl (C=O) groups is 1. The number of benzene rings is 3. The largest absolute Gasteiger partial charge is 0.322 e. The van der Waals surface area contributed by atoms with Gasteiger partial charge in [-0.25, -0.2) is 9.37 Å². The third kappa shape index (κ3) is 3.16. The SMILES string of the molecule is Cc1nc2ccc(NC(=O)c3ccccc3F)cc2c(=O)n1-c1ccccc1. The Morgan fingerprint density at radius 1 is 1.00 bits per heavy atom. The van der Waals surface area contributed by atoms with Crippen molar-refractivity contribution in [3.8, 4) is 5.69 Å². The summed E-state index contributed by atoms with van der Waals surface area (Å²) < 4.78 is 15.3. The quantitative estimate of drug-likeness (QED) is 0.588. The normalized spacial score (nSPS) is 10.8. The Morgan fingerprint density at radius 2 is 1.71 bits per heavy atom. The number of anilines is 1. The van der Waals surface area contributed by atoms with Crippen LogP contribution in [0.5, 0.6) is 0 Å². The highest BCUT2D eigenvalue weighted by Crippen LogP contribution is 2.18. The highest BCUT2D eigenvalue weighted by molar-refractivity contribution is 6.05. The van der Waals surface area contributed by atoms with E-state index in [1.165, 1.54) is 22.8 Å². The van der Waals surface area contributed by atoms with Crippen LogP contribution in [-0.4, -0.2) is 15.5 Å². The lowest BCUT2D eigenvalue weighted by Crippen LogP contribution is -2.22. The molecule has 0 aliphatic heterocycles. The van der Waals surface area contributed by atoms with Gasteiger partial charge in [0.1, 0.15) is 11.6 Å². The van der Waals surface area contributed by atoms with E-state index in [0.29, 0.717) is 28.1 Å². The number of hydrogen-bond donors (Lipinski definition) is 1. The number of para-hydroxylation sites is 1. The molecule has 0 unspecified atom stereocenters. The van der Waals surface area contributed by atoms with Crippen molar-refractivity contribution in [3.63, 3.8) is 0 Å². The van der Waals surface area contributed by atoms with E-state index in [1.54, 1.807) is 31.2 Å². The van der Waals surface area contributed by atoms with Crippen molar-refractivity contribution < 1.29 is 9.18 Å². The number of aryl methyl sites for hydroxylation is 1. The minimum atomic E-state index is -0.607. The van der Waals surface area contributed by atoms with E-state index in [0.717, 1.165) is 0 Å². The van der Waals surface area contributed by atoms with Gasteiger partial charge in [-0.15, -0.1) is 0 Å². The summed E-state index contributed by atoms with van der Waals surface area (Å²) in [6.45, 7) is 1.77. The van der Waals surface area contributed by atoms with Crippen LogP contribution in [0, 0.1) is 12.7 Å². The van der Waals surface area contributed by atoms with E-state index in [4.69, 9.17) is 0 Å². The molecule has 0 aliphatic carbocycles. The monoisotopic (exact) mass is 373 g/mol. The van der Waals surface area contributed by atoms with E-state index in [-0.39, 0.29) is 11.1 Å². The maximum Gasteiger partial charge on any atom is 0.266 e. The van der Waals surface area contributed by atoms with Gasteiger partial charge in [0.2, 0.25) is 0 Å². The van der Waals surface area contributed by atoms with E-state index >= 15 is 0 Å². The number of hydrogen-bond acceptors (Lipinski definition) is 3. The van der Waals surface area contributed by atoms with Gasteiger partial charge in [0.15, 0.2) is 0 Å². The highest BCUT2D eigenvalue weighted by atomic mass is 19.1. The van der Waals surface area contributed by atoms with Gasteiger partial charge < -0.3 is 5.32 Å². The second-order valence-corrected chi connectivity index (χ2v) is 6.30. The molecule has 1 heterocycles. The van der Waals surface area contributed by atoms with E-state index in [9.17, 15) is 14.0 Å². The molecule has 4 rings (SSSR count). The molecule has 6 heteroatoms. The Balaban J connectivity index is 1.78. The van der Waals surface area contributed by atoms with Gasteiger partial charge in [-0.3, -0.25) is 14.2 Å². The minimum Gasteiger partial charge on any atom is -0.322 e. The first-order valence-corrected chi connectivity index (χ1v) is 8.69. The summed E-state index contributed by atoms with van der Waals surface area (Å²) in [6.07, 6.45) is 0. The maximum absolute atomic E-state index is 13.8. The lowest BCUT2D eigenvalue weighted by molar-refractivity contribution is 0.102. The third-order valence-electron chi connectivity index (χ3n) is 4.43. The van der Waals surface area contributed by atoms with Crippen LogP contribution < -0.4 is 10.9 Å². The van der Waals surface area contributed by atoms with Crippen molar-refractivity contribution in [2.24, 2.45) is 0 Å². The number of halogens is 1. The Hall–Kier alpha value is -3.80. The van der Waals surface area contributed by atoms with E-state index in [2.05, 4.69) is 10.3 Å². The Bertz CT molecular complexity index is 1250. The van der Waals surface area contributed by atoms with Crippen LogP contribution in [0.2, 0.25) is 0 Å². The summed E-state index contributed by atoms with van der Waals surface area (Å²) in [4.78, 5) is 29.9. The number of nitrogens with one attached hydrogen (secondary N) is 1. The van der Waals surface area contributed by atoms with Gasteiger partial charge >= 0.3 is 0 Å². The lowest BCUT2D eigenvalue weighted by atomic mass is 10.1. The summed E-state index contributed by atoms with van der Waals surface area (Å²) in [7, 11) is 0. The number of nitrogens with zero attached hydrogens (tertiary/aromatic N) is 2. The Labute approximate surface area is 160 Å². The number of fused-ring (bicyclic) bond motifs is 1. The van der Waals surface area contributed by atoms with Gasteiger partial charge in [0.25, 0.3) is 11.5 Å². The first kappa shape index (κ1) is 17.6. The van der Waals surface area contributed by atoms with Crippen LogP contribution in [0.1, 0.15) is 16.2 Å². The molecule has 1 aromatic heterocycles. The van der Waals surface area contributed by atoms with Crippen LogP contribution in [-0.2, 0) is 0 Å². The molecule has 0 spiro atoms. The molecule has 1 amide bonds. The molecule has 4 aromatic rings. The molecule has 0 saturated heterocycles. The molecule has 1 N–H and O–H groups in total. The van der Waals surface area contributed by atoms with Crippen molar-refractivity contribution >= 4 is 22.5 Å². The lowest BCUT2D eigenvalue weighted by Gasteiger charge is -2.12. The van der Waals surface area contributed by atoms with Crippen molar-refractivity contribution in [1.29, 1.82) is 0 Å². The van der Waals surface area contributed by atoms with Gasteiger partial charge in [0.05, 0.1) is 22.2 Å². The Kier molecular flexibility index (Phi) is 4.45. The summed E-state index contributed by atoms with van der Waals surface area (Å²) in [5.74, 6) is -0.628.